The van der Waals surface area contributed by atoms with E-state index in [1.54, 1.807) is 0 Å². The highest BCUT2D eigenvalue weighted by atomic mass is 16.2. The minimum absolute atomic E-state index is 0.0775. The molecule has 1 saturated heterocycles. The van der Waals surface area contributed by atoms with Crippen LogP contribution >= 0.6 is 0 Å². The van der Waals surface area contributed by atoms with Crippen molar-refractivity contribution in [3.63, 3.8) is 0 Å². The number of nitrogens with one attached hydrogen (secondary N) is 1. The fourth-order valence-corrected chi connectivity index (χ4v) is 2.31. The van der Waals surface area contributed by atoms with Gasteiger partial charge in [-0.3, -0.25) is 14.5 Å². The fourth-order valence-electron chi connectivity index (χ4n) is 2.31. The summed E-state index contributed by atoms with van der Waals surface area (Å²) >= 11 is 0. The number of hydrogen-bond donors (Lipinski definition) is 1. The zero-order valence-electron chi connectivity index (χ0n) is 11.5. The molecule has 0 radical (unpaired) electrons. The second-order valence-electron chi connectivity index (χ2n) is 4.78. The molecule has 0 bridgehead atoms. The summed E-state index contributed by atoms with van der Waals surface area (Å²) in [7, 11) is 0. The predicted molar refractivity (Wildman–Crippen MR) is 73.5 cm³/mol. The number of carbonyl (C=O) groups is 2. The third-order valence-corrected chi connectivity index (χ3v) is 3.54. The van der Waals surface area contributed by atoms with Crippen LogP contribution in [0, 0.1) is 0 Å². The summed E-state index contributed by atoms with van der Waals surface area (Å²) in [5.41, 5.74) is 2.43. The van der Waals surface area contributed by atoms with Crippen molar-refractivity contribution in [1.29, 1.82) is 0 Å². The maximum absolute atomic E-state index is 11.9. The first-order valence-corrected chi connectivity index (χ1v) is 6.81. The normalized spacial score (nSPS) is 19.3. The molecule has 102 valence electrons. The number of likely N-dealkylation sites (tertiary alicyclic amines) is 1. The number of hydrogen-bond acceptors (Lipinski definition) is 3. The van der Waals surface area contributed by atoms with Gasteiger partial charge in [-0.1, -0.05) is 31.2 Å². The van der Waals surface area contributed by atoms with E-state index in [9.17, 15) is 9.59 Å². The third kappa shape index (κ3) is 3.01. The summed E-state index contributed by atoms with van der Waals surface area (Å²) in [6.07, 6.45) is 1.30. The number of aryl methyl sites for hydroxylation is 1. The molecule has 1 aromatic rings. The van der Waals surface area contributed by atoms with E-state index in [-0.39, 0.29) is 24.3 Å². The van der Waals surface area contributed by atoms with Crippen molar-refractivity contribution in [2.45, 2.75) is 39.3 Å². The molecule has 2 rings (SSSR count). The topological polar surface area (TPSA) is 49.4 Å². The zero-order chi connectivity index (χ0) is 13.8. The van der Waals surface area contributed by atoms with E-state index in [1.165, 1.54) is 10.5 Å². The van der Waals surface area contributed by atoms with Crippen LogP contribution in [0.3, 0.4) is 0 Å². The second kappa shape index (κ2) is 5.97. The van der Waals surface area contributed by atoms with Crippen LogP contribution in [0.5, 0.6) is 0 Å². The van der Waals surface area contributed by atoms with Crippen LogP contribution in [0.25, 0.3) is 0 Å². The molecule has 1 heterocycles. The second-order valence-corrected chi connectivity index (χ2v) is 4.78. The Hall–Kier alpha value is -1.68. The molecule has 0 aromatic heterocycles. The van der Waals surface area contributed by atoms with Gasteiger partial charge < -0.3 is 5.32 Å². The molecule has 4 heteroatoms. The summed E-state index contributed by atoms with van der Waals surface area (Å²) < 4.78 is 0. The summed E-state index contributed by atoms with van der Waals surface area (Å²) in [6, 6.07) is 7.95. The van der Waals surface area contributed by atoms with Gasteiger partial charge in [0.25, 0.3) is 0 Å². The van der Waals surface area contributed by atoms with E-state index in [0.29, 0.717) is 13.1 Å². The maximum Gasteiger partial charge on any atom is 0.246 e. The Labute approximate surface area is 113 Å². The average molecular weight is 260 g/mol. The van der Waals surface area contributed by atoms with Gasteiger partial charge in [-0.2, -0.15) is 0 Å². The molecular formula is C15H20N2O2. The quantitative estimate of drug-likeness (QED) is 0.816. The molecular weight excluding hydrogens is 240 g/mol. The lowest BCUT2D eigenvalue weighted by Crippen LogP contribution is -2.38. The molecule has 0 spiro atoms. The van der Waals surface area contributed by atoms with Crippen molar-refractivity contribution in [2.24, 2.45) is 0 Å². The highest BCUT2D eigenvalue weighted by Gasteiger charge is 2.36. The van der Waals surface area contributed by atoms with Gasteiger partial charge in [0, 0.05) is 13.1 Å². The van der Waals surface area contributed by atoms with Crippen molar-refractivity contribution in [1.82, 2.24) is 10.2 Å². The van der Waals surface area contributed by atoms with Gasteiger partial charge in [-0.05, 0) is 24.5 Å². The first kappa shape index (κ1) is 13.7. The molecule has 1 aliphatic rings. The lowest BCUT2D eigenvalue weighted by atomic mass is 10.1. The van der Waals surface area contributed by atoms with E-state index in [0.717, 1.165) is 12.0 Å². The van der Waals surface area contributed by atoms with Crippen molar-refractivity contribution in [3.8, 4) is 0 Å². The summed E-state index contributed by atoms with van der Waals surface area (Å²) in [6.45, 7) is 5.02. The Balaban J connectivity index is 1.92. The molecule has 1 fully saturated rings. The first-order chi connectivity index (χ1) is 9.15. The van der Waals surface area contributed by atoms with E-state index >= 15 is 0 Å². The number of amides is 2. The third-order valence-electron chi connectivity index (χ3n) is 3.54. The molecule has 1 aromatic carbocycles. The van der Waals surface area contributed by atoms with Gasteiger partial charge in [0.2, 0.25) is 11.8 Å². The van der Waals surface area contributed by atoms with Crippen molar-refractivity contribution < 1.29 is 9.59 Å². The minimum atomic E-state index is -0.363. The number of imide groups is 1. The van der Waals surface area contributed by atoms with Crippen LogP contribution in [-0.4, -0.2) is 29.3 Å². The zero-order valence-corrected chi connectivity index (χ0v) is 11.5. The van der Waals surface area contributed by atoms with Crippen molar-refractivity contribution in [2.75, 3.05) is 6.54 Å². The van der Waals surface area contributed by atoms with Gasteiger partial charge >= 0.3 is 0 Å². The number of carbonyl (C=O) groups excluding carboxylic acids is 2. The van der Waals surface area contributed by atoms with Crippen LogP contribution in [0.15, 0.2) is 24.3 Å². The van der Waals surface area contributed by atoms with Crippen LogP contribution in [0.4, 0.5) is 0 Å². The molecule has 1 unspecified atom stereocenters. The van der Waals surface area contributed by atoms with Crippen molar-refractivity contribution in [3.05, 3.63) is 35.4 Å². The van der Waals surface area contributed by atoms with Gasteiger partial charge in [-0.15, -0.1) is 0 Å². The molecule has 19 heavy (non-hydrogen) atoms. The van der Waals surface area contributed by atoms with Crippen LogP contribution < -0.4 is 5.32 Å². The SMILES string of the molecule is CCc1ccc(CNC2CC(=O)N(CC)C2=O)cc1. The van der Waals surface area contributed by atoms with Gasteiger partial charge in [0.15, 0.2) is 0 Å². The highest BCUT2D eigenvalue weighted by molar-refractivity contribution is 6.05. The molecule has 0 aliphatic carbocycles. The lowest BCUT2D eigenvalue weighted by molar-refractivity contribution is -0.138. The Morgan fingerprint density at radius 2 is 1.79 bits per heavy atom. The first-order valence-electron chi connectivity index (χ1n) is 6.81. The molecule has 1 aliphatic heterocycles. The van der Waals surface area contributed by atoms with E-state index in [4.69, 9.17) is 0 Å². The van der Waals surface area contributed by atoms with Gasteiger partial charge in [-0.25, -0.2) is 0 Å². The highest BCUT2D eigenvalue weighted by Crippen LogP contribution is 2.13. The monoisotopic (exact) mass is 260 g/mol. The molecule has 0 saturated carbocycles. The maximum atomic E-state index is 11.9. The lowest BCUT2D eigenvalue weighted by Gasteiger charge is -2.13. The average Bonchev–Trinajstić information content (AvgIpc) is 2.71. The summed E-state index contributed by atoms with van der Waals surface area (Å²) in [5.74, 6) is -0.177. The van der Waals surface area contributed by atoms with Crippen LogP contribution in [0.1, 0.15) is 31.4 Å². The van der Waals surface area contributed by atoms with Gasteiger partial charge in [0.1, 0.15) is 0 Å². The van der Waals surface area contributed by atoms with E-state index in [2.05, 4.69) is 36.5 Å². The fraction of sp³-hybridized carbons (Fsp3) is 0.467. The minimum Gasteiger partial charge on any atom is -0.301 e. The van der Waals surface area contributed by atoms with E-state index in [1.807, 2.05) is 6.92 Å². The van der Waals surface area contributed by atoms with Crippen molar-refractivity contribution >= 4 is 11.8 Å². The van der Waals surface area contributed by atoms with Crippen LogP contribution in [-0.2, 0) is 22.6 Å². The standard InChI is InChI=1S/C15H20N2O2/c1-3-11-5-7-12(8-6-11)10-16-13-9-14(18)17(4-2)15(13)19/h5-8,13,16H,3-4,9-10H2,1-2H3. The molecule has 2 amide bonds. The Morgan fingerprint density at radius 3 is 2.32 bits per heavy atom. The van der Waals surface area contributed by atoms with E-state index < -0.39 is 0 Å². The predicted octanol–water partition coefficient (Wildman–Crippen LogP) is 1.49. The summed E-state index contributed by atoms with van der Waals surface area (Å²) in [5, 5.41) is 3.17. The molecule has 1 N–H and O–H groups in total. The number of benzene rings is 1. The Kier molecular flexibility index (Phi) is 4.32. The largest absolute Gasteiger partial charge is 0.301 e. The summed E-state index contributed by atoms with van der Waals surface area (Å²) in [4.78, 5) is 24.8. The molecule has 1 atom stereocenters. The molecule has 4 nitrogen and oxygen atoms in total. The van der Waals surface area contributed by atoms with Gasteiger partial charge in [0.05, 0.1) is 12.5 Å². The smallest absolute Gasteiger partial charge is 0.246 e. The van der Waals surface area contributed by atoms with Crippen LogP contribution in [0.2, 0.25) is 0 Å². The Bertz CT molecular complexity index is 468. The number of nitrogens with zero attached hydrogens (tertiary/aromatic N) is 1. The Morgan fingerprint density at radius 1 is 1.16 bits per heavy atom. The number of rotatable bonds is 5. The number of likely N-dealkylation sites (N-methyl/N-ethyl adjacent to an activating group) is 1.